The molecule has 0 aliphatic carbocycles. The lowest BCUT2D eigenvalue weighted by Crippen LogP contribution is -2.13. The largest absolute Gasteiger partial charge is 0.380 e. The Labute approximate surface area is 151 Å². The first-order valence-electron chi connectivity index (χ1n) is 7.78. The molecule has 6 heteroatoms. The van der Waals surface area contributed by atoms with Gasteiger partial charge in [0.05, 0.1) is 11.3 Å². The van der Waals surface area contributed by atoms with Crippen molar-refractivity contribution in [1.82, 2.24) is 9.97 Å². The van der Waals surface area contributed by atoms with Gasteiger partial charge in [-0.2, -0.15) is 0 Å². The molecule has 0 fully saturated rings. The fourth-order valence-electron chi connectivity index (χ4n) is 2.30. The van der Waals surface area contributed by atoms with Crippen molar-refractivity contribution in [3.8, 4) is 0 Å². The van der Waals surface area contributed by atoms with Gasteiger partial charge in [0.25, 0.3) is 5.91 Å². The van der Waals surface area contributed by atoms with Gasteiger partial charge in [-0.25, -0.2) is 0 Å². The van der Waals surface area contributed by atoms with Gasteiger partial charge in [0.1, 0.15) is 0 Å². The Morgan fingerprint density at radius 2 is 2.00 bits per heavy atom. The van der Waals surface area contributed by atoms with Gasteiger partial charge in [0, 0.05) is 42.0 Å². The molecule has 2 N–H and O–H groups in total. The Balaban J connectivity index is 1.70. The second-order valence-corrected chi connectivity index (χ2v) is 5.95. The van der Waals surface area contributed by atoms with E-state index in [0.717, 1.165) is 16.8 Å². The third-order valence-corrected chi connectivity index (χ3v) is 4.15. The van der Waals surface area contributed by atoms with Crippen LogP contribution in [-0.4, -0.2) is 15.9 Å². The molecule has 1 amide bonds. The van der Waals surface area contributed by atoms with Crippen molar-refractivity contribution < 1.29 is 4.79 Å². The molecule has 0 saturated carbocycles. The molecule has 5 nitrogen and oxygen atoms in total. The van der Waals surface area contributed by atoms with E-state index in [9.17, 15) is 4.79 Å². The molecule has 0 radical (unpaired) electrons. The summed E-state index contributed by atoms with van der Waals surface area (Å²) in [6.07, 6.45) is 6.73. The van der Waals surface area contributed by atoms with E-state index in [-0.39, 0.29) is 5.91 Å². The number of nitrogens with one attached hydrogen (secondary N) is 2. The highest BCUT2D eigenvalue weighted by atomic mass is 35.5. The van der Waals surface area contributed by atoms with Crippen LogP contribution in [0, 0.1) is 6.92 Å². The van der Waals surface area contributed by atoms with Gasteiger partial charge in [-0.05, 0) is 42.3 Å². The second-order valence-electron chi connectivity index (χ2n) is 5.54. The summed E-state index contributed by atoms with van der Waals surface area (Å²) in [7, 11) is 0. The highest BCUT2D eigenvalue weighted by molar-refractivity contribution is 6.31. The summed E-state index contributed by atoms with van der Waals surface area (Å²) in [6, 6.07) is 11.0. The lowest BCUT2D eigenvalue weighted by Gasteiger charge is -2.11. The van der Waals surface area contributed by atoms with Crippen molar-refractivity contribution in [2.24, 2.45) is 0 Å². The number of hydrogen-bond acceptors (Lipinski definition) is 4. The Morgan fingerprint density at radius 3 is 2.80 bits per heavy atom. The quantitative estimate of drug-likeness (QED) is 0.718. The highest BCUT2D eigenvalue weighted by Gasteiger charge is 2.10. The molecule has 2 aromatic heterocycles. The monoisotopic (exact) mass is 352 g/mol. The van der Waals surface area contributed by atoms with E-state index in [1.165, 1.54) is 6.20 Å². The summed E-state index contributed by atoms with van der Waals surface area (Å²) < 4.78 is 0. The van der Waals surface area contributed by atoms with Crippen LogP contribution in [0.3, 0.4) is 0 Å². The van der Waals surface area contributed by atoms with Gasteiger partial charge in [-0.3, -0.25) is 14.8 Å². The number of halogens is 1. The summed E-state index contributed by atoms with van der Waals surface area (Å²) in [5.74, 6) is -0.233. The molecule has 25 heavy (non-hydrogen) atoms. The van der Waals surface area contributed by atoms with Crippen molar-refractivity contribution in [3.63, 3.8) is 0 Å². The van der Waals surface area contributed by atoms with E-state index >= 15 is 0 Å². The molecule has 3 rings (SSSR count). The standard InChI is InChI=1S/C19H17ClN4O/c1-13-17(20)5-2-6-18(13)24-19(25)15-8-16(12-22-11-15)23-10-14-4-3-7-21-9-14/h2-9,11-12,23H,10H2,1H3,(H,24,25). The van der Waals surface area contributed by atoms with Crippen molar-refractivity contribution in [1.29, 1.82) is 0 Å². The van der Waals surface area contributed by atoms with Gasteiger partial charge in [0.15, 0.2) is 0 Å². The summed E-state index contributed by atoms with van der Waals surface area (Å²) in [6.45, 7) is 2.47. The zero-order valence-electron chi connectivity index (χ0n) is 13.7. The van der Waals surface area contributed by atoms with E-state index in [1.54, 1.807) is 36.8 Å². The summed E-state index contributed by atoms with van der Waals surface area (Å²) in [5, 5.41) is 6.72. The van der Waals surface area contributed by atoms with Crippen LogP contribution in [0.15, 0.2) is 61.2 Å². The molecule has 126 valence electrons. The highest BCUT2D eigenvalue weighted by Crippen LogP contribution is 2.23. The number of hydrogen-bond donors (Lipinski definition) is 2. The normalized spacial score (nSPS) is 10.3. The molecule has 2 heterocycles. The SMILES string of the molecule is Cc1c(Cl)cccc1NC(=O)c1cncc(NCc2cccnc2)c1. The molecule has 0 aliphatic rings. The van der Waals surface area contributed by atoms with Gasteiger partial charge < -0.3 is 10.6 Å². The first-order chi connectivity index (χ1) is 12.1. The first kappa shape index (κ1) is 16.9. The van der Waals surface area contributed by atoms with Crippen LogP contribution in [0.2, 0.25) is 5.02 Å². The summed E-state index contributed by atoms with van der Waals surface area (Å²) in [4.78, 5) is 20.7. The minimum atomic E-state index is -0.233. The van der Waals surface area contributed by atoms with E-state index < -0.39 is 0 Å². The van der Waals surface area contributed by atoms with Crippen LogP contribution < -0.4 is 10.6 Å². The van der Waals surface area contributed by atoms with Crippen LogP contribution in [0.5, 0.6) is 0 Å². The average Bonchev–Trinajstić information content (AvgIpc) is 2.65. The zero-order valence-corrected chi connectivity index (χ0v) is 14.4. The molecule has 0 spiro atoms. The molecule has 0 bridgehead atoms. The van der Waals surface area contributed by atoms with Crippen LogP contribution in [0.1, 0.15) is 21.5 Å². The van der Waals surface area contributed by atoms with Gasteiger partial charge >= 0.3 is 0 Å². The smallest absolute Gasteiger partial charge is 0.257 e. The zero-order chi connectivity index (χ0) is 17.6. The molecule has 3 aromatic rings. The van der Waals surface area contributed by atoms with Crippen LogP contribution >= 0.6 is 11.6 Å². The molecule has 1 aromatic carbocycles. The second kappa shape index (κ2) is 7.77. The number of rotatable bonds is 5. The van der Waals surface area contributed by atoms with Crippen molar-refractivity contribution in [3.05, 3.63) is 82.9 Å². The number of amides is 1. The summed E-state index contributed by atoms with van der Waals surface area (Å²) in [5.41, 5.74) is 3.80. The molecule has 0 atom stereocenters. The Hall–Kier alpha value is -2.92. The third kappa shape index (κ3) is 4.33. The molecular weight excluding hydrogens is 336 g/mol. The number of carbonyl (C=O) groups is 1. The fraction of sp³-hybridized carbons (Fsp3) is 0.105. The van der Waals surface area contributed by atoms with Crippen molar-refractivity contribution >= 4 is 28.9 Å². The van der Waals surface area contributed by atoms with E-state index in [1.807, 2.05) is 25.1 Å². The van der Waals surface area contributed by atoms with E-state index in [0.29, 0.717) is 22.8 Å². The lowest BCUT2D eigenvalue weighted by atomic mass is 10.2. The number of carbonyl (C=O) groups excluding carboxylic acids is 1. The van der Waals surface area contributed by atoms with Gasteiger partial charge in [-0.15, -0.1) is 0 Å². The van der Waals surface area contributed by atoms with Crippen LogP contribution in [0.25, 0.3) is 0 Å². The lowest BCUT2D eigenvalue weighted by molar-refractivity contribution is 0.102. The third-order valence-electron chi connectivity index (χ3n) is 3.74. The topological polar surface area (TPSA) is 66.9 Å². The molecule has 0 aliphatic heterocycles. The maximum absolute atomic E-state index is 12.5. The molecule has 0 unspecified atom stereocenters. The molecular formula is C19H17ClN4O. The number of aromatic nitrogens is 2. The van der Waals surface area contributed by atoms with Crippen LogP contribution in [0.4, 0.5) is 11.4 Å². The number of pyridine rings is 2. The minimum Gasteiger partial charge on any atom is -0.380 e. The maximum Gasteiger partial charge on any atom is 0.257 e. The Bertz CT molecular complexity index is 884. The van der Waals surface area contributed by atoms with Gasteiger partial charge in [-0.1, -0.05) is 23.7 Å². The predicted molar refractivity (Wildman–Crippen MR) is 99.9 cm³/mol. The maximum atomic E-state index is 12.5. The molecule has 0 saturated heterocycles. The van der Waals surface area contributed by atoms with E-state index in [2.05, 4.69) is 20.6 Å². The number of benzene rings is 1. The van der Waals surface area contributed by atoms with Crippen molar-refractivity contribution in [2.45, 2.75) is 13.5 Å². The van der Waals surface area contributed by atoms with Crippen LogP contribution in [-0.2, 0) is 6.54 Å². The minimum absolute atomic E-state index is 0.233. The van der Waals surface area contributed by atoms with Gasteiger partial charge in [0.2, 0.25) is 0 Å². The summed E-state index contributed by atoms with van der Waals surface area (Å²) >= 11 is 6.09. The Morgan fingerprint density at radius 1 is 1.12 bits per heavy atom. The average molecular weight is 353 g/mol. The Kier molecular flexibility index (Phi) is 5.26. The first-order valence-corrected chi connectivity index (χ1v) is 8.15. The van der Waals surface area contributed by atoms with E-state index in [4.69, 9.17) is 11.6 Å². The number of anilines is 2. The fourth-order valence-corrected chi connectivity index (χ4v) is 2.48. The predicted octanol–water partition coefficient (Wildman–Crippen LogP) is 4.30. The van der Waals surface area contributed by atoms with Crippen molar-refractivity contribution in [2.75, 3.05) is 10.6 Å². The number of nitrogens with zero attached hydrogens (tertiary/aromatic N) is 2.